The third-order valence-electron chi connectivity index (χ3n) is 9.37. The molecule has 0 amide bonds. The number of fused-ring (bicyclic) bond motifs is 1. The Kier molecular flexibility index (Phi) is 2.41. The first-order valence-electron chi connectivity index (χ1n) is 10.0. The summed E-state index contributed by atoms with van der Waals surface area (Å²) in [7, 11) is 0. The van der Waals surface area contributed by atoms with Crippen molar-refractivity contribution < 1.29 is 9.59 Å². The summed E-state index contributed by atoms with van der Waals surface area (Å²) < 4.78 is 0. The topological polar surface area (TPSA) is 37.4 Å². The average Bonchev–Trinajstić information content (AvgIpc) is 3.12. The van der Waals surface area contributed by atoms with E-state index in [1.807, 2.05) is 0 Å². The van der Waals surface area contributed by atoms with Crippen LogP contribution in [0.2, 0.25) is 0 Å². The molecule has 2 aliphatic heterocycles. The number of carbonyl (C=O) groups excluding carboxylic acids is 2. The molecule has 128 valence electrons. The van der Waals surface area contributed by atoms with Crippen LogP contribution in [-0.2, 0) is 9.59 Å². The molecule has 0 aromatic rings. The van der Waals surface area contributed by atoms with Gasteiger partial charge in [-0.25, -0.2) is 0 Å². The van der Waals surface area contributed by atoms with Crippen molar-refractivity contribution >= 4 is 11.6 Å². The number of carbonyl (C=O) groups is 2. The van der Waals surface area contributed by atoms with E-state index in [1.165, 1.54) is 5.57 Å². The van der Waals surface area contributed by atoms with Gasteiger partial charge in [0.2, 0.25) is 0 Å². The summed E-state index contributed by atoms with van der Waals surface area (Å²) >= 11 is 0. The molecule has 3 nitrogen and oxygen atoms in total. The second-order valence-electron chi connectivity index (χ2n) is 9.83. The average molecular weight is 325 g/mol. The molecule has 1 spiro atoms. The van der Waals surface area contributed by atoms with Crippen LogP contribution in [0.3, 0.4) is 0 Å². The van der Waals surface area contributed by atoms with Gasteiger partial charge in [-0.3, -0.25) is 14.5 Å². The minimum absolute atomic E-state index is 0.0805. The second kappa shape index (κ2) is 4.06. The number of allylic oxidation sites excluding steroid dienone is 2. The van der Waals surface area contributed by atoms with E-state index in [9.17, 15) is 9.59 Å². The molecule has 2 bridgehead atoms. The molecule has 2 heterocycles. The quantitative estimate of drug-likeness (QED) is 0.687. The first kappa shape index (κ1) is 14.2. The molecular formula is C21H27NO2. The highest BCUT2D eigenvalue weighted by Crippen LogP contribution is 2.73. The monoisotopic (exact) mass is 325 g/mol. The van der Waals surface area contributed by atoms with Crippen LogP contribution in [0.1, 0.15) is 52.4 Å². The highest BCUT2D eigenvalue weighted by Gasteiger charge is 2.74. The lowest BCUT2D eigenvalue weighted by Crippen LogP contribution is -2.64. The van der Waals surface area contributed by atoms with E-state index in [2.05, 4.69) is 18.7 Å². The van der Waals surface area contributed by atoms with Crippen LogP contribution in [0.5, 0.6) is 0 Å². The van der Waals surface area contributed by atoms with Crippen LogP contribution < -0.4 is 0 Å². The molecule has 2 saturated carbocycles. The third-order valence-corrected chi connectivity index (χ3v) is 9.37. The summed E-state index contributed by atoms with van der Waals surface area (Å²) in [6, 6.07) is 0.572. The van der Waals surface area contributed by atoms with Gasteiger partial charge < -0.3 is 0 Å². The molecule has 4 fully saturated rings. The lowest BCUT2D eigenvalue weighted by Gasteiger charge is -2.59. The number of piperidine rings is 1. The Morgan fingerprint density at radius 1 is 1.17 bits per heavy atom. The second-order valence-corrected chi connectivity index (χ2v) is 9.83. The lowest BCUT2D eigenvalue weighted by molar-refractivity contribution is -0.156. The van der Waals surface area contributed by atoms with Gasteiger partial charge in [0.15, 0.2) is 5.78 Å². The van der Waals surface area contributed by atoms with E-state index < -0.39 is 0 Å². The molecule has 2 saturated heterocycles. The molecule has 6 rings (SSSR count). The minimum atomic E-state index is -0.280. The molecule has 0 radical (unpaired) electrons. The number of hydrogen-bond donors (Lipinski definition) is 0. The Balaban J connectivity index is 1.67. The summed E-state index contributed by atoms with van der Waals surface area (Å²) in [5.74, 6) is 2.64. The molecule has 0 aromatic carbocycles. The van der Waals surface area contributed by atoms with Crippen LogP contribution >= 0.6 is 0 Å². The molecular weight excluding hydrogens is 298 g/mol. The van der Waals surface area contributed by atoms with Crippen LogP contribution in [0, 0.1) is 34.5 Å². The van der Waals surface area contributed by atoms with Crippen molar-refractivity contribution in [3.05, 3.63) is 11.1 Å². The Labute approximate surface area is 143 Å². The molecule has 0 aromatic heterocycles. The minimum Gasteiger partial charge on any atom is -0.299 e. The van der Waals surface area contributed by atoms with Crippen molar-refractivity contribution in [2.45, 2.75) is 58.4 Å². The molecule has 7 atom stereocenters. The van der Waals surface area contributed by atoms with Gasteiger partial charge in [-0.1, -0.05) is 13.8 Å². The van der Waals surface area contributed by atoms with Gasteiger partial charge in [0.1, 0.15) is 5.78 Å². The summed E-state index contributed by atoms with van der Waals surface area (Å²) in [5.41, 5.74) is 2.28. The number of Topliss-reactive ketones (excluding diaryl/α,β-unsaturated/α-hetero) is 2. The maximum atomic E-state index is 14.0. The first-order chi connectivity index (χ1) is 11.5. The zero-order valence-corrected chi connectivity index (χ0v) is 14.8. The van der Waals surface area contributed by atoms with E-state index in [1.54, 1.807) is 0 Å². The van der Waals surface area contributed by atoms with Gasteiger partial charge in [-0.15, -0.1) is 0 Å². The number of rotatable bonds is 0. The first-order valence-corrected chi connectivity index (χ1v) is 10.0. The van der Waals surface area contributed by atoms with Crippen molar-refractivity contribution in [1.82, 2.24) is 4.90 Å². The Morgan fingerprint density at radius 2 is 2.00 bits per heavy atom. The van der Waals surface area contributed by atoms with E-state index >= 15 is 0 Å². The van der Waals surface area contributed by atoms with Crippen LogP contribution in [0.25, 0.3) is 0 Å². The smallest absolute Gasteiger partial charge is 0.159 e. The predicted octanol–water partition coefficient (Wildman–Crippen LogP) is 2.99. The van der Waals surface area contributed by atoms with Crippen molar-refractivity contribution in [3.8, 4) is 0 Å². The SMILES string of the molecule is C[C@@H]1CN2C[C@H]3CCC4=C5[C@@H](CC[C@@]56C(=O)C1CC2[C@@]36C)CC4=O. The highest BCUT2D eigenvalue weighted by molar-refractivity contribution is 6.04. The van der Waals surface area contributed by atoms with E-state index in [-0.39, 0.29) is 16.7 Å². The van der Waals surface area contributed by atoms with Crippen molar-refractivity contribution in [1.29, 1.82) is 0 Å². The lowest BCUT2D eigenvalue weighted by atomic mass is 9.45. The highest BCUT2D eigenvalue weighted by atomic mass is 16.1. The van der Waals surface area contributed by atoms with Gasteiger partial charge in [-0.2, -0.15) is 0 Å². The predicted molar refractivity (Wildman–Crippen MR) is 90.3 cm³/mol. The van der Waals surface area contributed by atoms with Crippen LogP contribution in [0.15, 0.2) is 11.1 Å². The zero-order chi connectivity index (χ0) is 16.4. The normalized spacial score (nSPS) is 55.2. The molecule has 4 aliphatic carbocycles. The number of ketones is 2. The Morgan fingerprint density at radius 3 is 2.83 bits per heavy atom. The Bertz CT molecular complexity index is 723. The summed E-state index contributed by atoms with van der Waals surface area (Å²) in [6.45, 7) is 7.01. The van der Waals surface area contributed by atoms with Crippen LogP contribution in [0.4, 0.5) is 0 Å². The van der Waals surface area contributed by atoms with E-state index in [4.69, 9.17) is 0 Å². The largest absolute Gasteiger partial charge is 0.299 e. The molecule has 24 heavy (non-hydrogen) atoms. The summed E-state index contributed by atoms with van der Waals surface area (Å²) in [6.07, 6.45) is 5.95. The standard InChI is InChI=1S/C21H27NO2/c1-11-9-22-10-13-3-4-14-16(23)7-12-5-6-21(18(12)14)19(24)15(11)8-17(22)20(13,21)2/h11-13,15,17H,3-10H2,1-2H3/t11-,12+,13-,15?,17?,20-,21+/m1/s1. The maximum Gasteiger partial charge on any atom is 0.159 e. The van der Waals surface area contributed by atoms with Gasteiger partial charge in [0.25, 0.3) is 0 Å². The summed E-state index contributed by atoms with van der Waals surface area (Å²) in [5, 5.41) is 0. The molecule has 2 unspecified atom stereocenters. The van der Waals surface area contributed by atoms with Crippen molar-refractivity contribution in [2.75, 3.05) is 13.1 Å². The van der Waals surface area contributed by atoms with E-state index in [0.29, 0.717) is 41.8 Å². The fourth-order valence-electron chi connectivity index (χ4n) is 8.42. The van der Waals surface area contributed by atoms with Gasteiger partial charge >= 0.3 is 0 Å². The number of nitrogens with zero attached hydrogens (tertiary/aromatic N) is 1. The number of hydrogen-bond acceptors (Lipinski definition) is 3. The van der Waals surface area contributed by atoms with Crippen LogP contribution in [-0.4, -0.2) is 35.6 Å². The summed E-state index contributed by atoms with van der Waals surface area (Å²) in [4.78, 5) is 29.4. The van der Waals surface area contributed by atoms with Crippen molar-refractivity contribution in [2.24, 2.45) is 34.5 Å². The van der Waals surface area contributed by atoms with Gasteiger partial charge in [0, 0.05) is 36.9 Å². The molecule has 0 N–H and O–H groups in total. The maximum absolute atomic E-state index is 14.0. The zero-order valence-electron chi connectivity index (χ0n) is 14.8. The Hall–Kier alpha value is -0.960. The fraction of sp³-hybridized carbons (Fsp3) is 0.810. The molecule has 3 heteroatoms. The van der Waals surface area contributed by atoms with Gasteiger partial charge in [0.05, 0.1) is 5.41 Å². The van der Waals surface area contributed by atoms with Crippen molar-refractivity contribution in [3.63, 3.8) is 0 Å². The van der Waals surface area contributed by atoms with Gasteiger partial charge in [-0.05, 0) is 61.0 Å². The van der Waals surface area contributed by atoms with E-state index in [0.717, 1.165) is 50.8 Å². The fourth-order valence-corrected chi connectivity index (χ4v) is 8.42. The molecule has 6 aliphatic rings. The third kappa shape index (κ3) is 1.23.